The van der Waals surface area contributed by atoms with E-state index in [-0.39, 0.29) is 18.0 Å². The Morgan fingerprint density at radius 3 is 2.48 bits per heavy atom. The summed E-state index contributed by atoms with van der Waals surface area (Å²) in [6.45, 7) is 11.2. The number of piperidine rings is 1. The highest BCUT2D eigenvalue weighted by Crippen LogP contribution is 2.26. The summed E-state index contributed by atoms with van der Waals surface area (Å²) in [6, 6.07) is 11.6. The zero-order valence-corrected chi connectivity index (χ0v) is 19.3. The lowest BCUT2D eigenvalue weighted by molar-refractivity contribution is -0.123. The number of likely N-dealkylation sites (tertiary alicyclic amines) is 2. The molecule has 0 aliphatic carbocycles. The first-order valence-electron chi connectivity index (χ1n) is 11.8. The first-order valence-corrected chi connectivity index (χ1v) is 11.8. The van der Waals surface area contributed by atoms with Crippen molar-refractivity contribution >= 4 is 12.0 Å². The van der Waals surface area contributed by atoms with Crippen molar-refractivity contribution in [2.45, 2.75) is 58.2 Å². The van der Waals surface area contributed by atoms with Crippen molar-refractivity contribution in [3.8, 4) is 0 Å². The molecule has 1 aromatic carbocycles. The summed E-state index contributed by atoms with van der Waals surface area (Å²) >= 11 is 0. The third-order valence-electron chi connectivity index (χ3n) is 6.68. The molecule has 0 saturated carbocycles. The lowest BCUT2D eigenvalue weighted by atomic mass is 10.1. The van der Waals surface area contributed by atoms with E-state index < -0.39 is 0 Å². The molecule has 2 amide bonds. The van der Waals surface area contributed by atoms with Gasteiger partial charge in [0.25, 0.3) is 0 Å². The van der Waals surface area contributed by atoms with Crippen molar-refractivity contribution in [1.82, 2.24) is 20.0 Å². The molecule has 172 valence electrons. The van der Waals surface area contributed by atoms with Gasteiger partial charge < -0.3 is 15.0 Å². The van der Waals surface area contributed by atoms with Crippen LogP contribution in [0.2, 0.25) is 0 Å². The Bertz CT molecular complexity index is 706. The zero-order valence-electron chi connectivity index (χ0n) is 19.3. The van der Waals surface area contributed by atoms with Gasteiger partial charge in [-0.1, -0.05) is 37.3 Å². The number of hydrogen-bond acceptors (Lipinski definition) is 5. The molecule has 2 unspecified atom stereocenters. The number of carbonyl (C=O) groups is 2. The van der Waals surface area contributed by atoms with Crippen LogP contribution in [0.15, 0.2) is 30.3 Å². The molecule has 31 heavy (non-hydrogen) atoms. The number of ether oxygens (including phenoxy) is 1. The summed E-state index contributed by atoms with van der Waals surface area (Å²) in [4.78, 5) is 31.1. The van der Waals surface area contributed by atoms with E-state index >= 15 is 0 Å². The molecule has 2 atom stereocenters. The maximum Gasteiger partial charge on any atom is 0.409 e. The SMILES string of the molecule is CCOC(=O)N1CCC(NC(=O)CN(CC)C2CCN(C(C)c3ccccc3)C2)CC1. The number of benzene rings is 1. The number of amides is 2. The Balaban J connectivity index is 1.44. The van der Waals surface area contributed by atoms with Crippen molar-refractivity contribution in [3.63, 3.8) is 0 Å². The van der Waals surface area contributed by atoms with Crippen molar-refractivity contribution in [1.29, 1.82) is 0 Å². The third kappa shape index (κ3) is 6.43. The predicted octanol–water partition coefficient (Wildman–Crippen LogP) is 2.88. The van der Waals surface area contributed by atoms with Crippen LogP contribution in [-0.4, -0.2) is 84.7 Å². The number of hydrogen-bond donors (Lipinski definition) is 1. The van der Waals surface area contributed by atoms with Crippen LogP contribution >= 0.6 is 0 Å². The van der Waals surface area contributed by atoms with Gasteiger partial charge in [-0.05, 0) is 45.2 Å². The van der Waals surface area contributed by atoms with Gasteiger partial charge in [-0.25, -0.2) is 4.79 Å². The largest absolute Gasteiger partial charge is 0.450 e. The molecular formula is C24H38N4O3. The molecule has 0 spiro atoms. The second-order valence-corrected chi connectivity index (χ2v) is 8.61. The minimum absolute atomic E-state index is 0.0889. The molecule has 2 heterocycles. The Morgan fingerprint density at radius 2 is 1.84 bits per heavy atom. The first-order chi connectivity index (χ1) is 15.0. The molecule has 0 aromatic heterocycles. The molecule has 2 fully saturated rings. The van der Waals surface area contributed by atoms with E-state index in [0.717, 1.165) is 38.9 Å². The van der Waals surface area contributed by atoms with Crippen LogP contribution in [0.4, 0.5) is 4.79 Å². The molecule has 0 radical (unpaired) electrons. The Morgan fingerprint density at radius 1 is 1.13 bits per heavy atom. The molecule has 1 aromatic rings. The van der Waals surface area contributed by atoms with E-state index in [9.17, 15) is 9.59 Å². The third-order valence-corrected chi connectivity index (χ3v) is 6.68. The number of nitrogens with zero attached hydrogens (tertiary/aromatic N) is 3. The van der Waals surface area contributed by atoms with E-state index in [4.69, 9.17) is 4.74 Å². The average Bonchev–Trinajstić information content (AvgIpc) is 3.28. The topological polar surface area (TPSA) is 65.1 Å². The van der Waals surface area contributed by atoms with Crippen LogP contribution in [0.1, 0.15) is 51.6 Å². The number of nitrogens with one attached hydrogen (secondary N) is 1. The van der Waals surface area contributed by atoms with Crippen LogP contribution in [0, 0.1) is 0 Å². The standard InChI is InChI=1S/C24H38N4O3/c1-4-26(22-13-16-28(17-22)19(3)20-9-7-6-8-10-20)18-23(29)25-21-11-14-27(15-12-21)24(30)31-5-2/h6-10,19,21-22H,4-5,11-18H2,1-3H3,(H,25,29). The predicted molar refractivity (Wildman–Crippen MR) is 122 cm³/mol. The van der Waals surface area contributed by atoms with Crippen molar-refractivity contribution in [2.75, 3.05) is 45.9 Å². The number of rotatable bonds is 8. The van der Waals surface area contributed by atoms with Crippen molar-refractivity contribution < 1.29 is 14.3 Å². The highest BCUT2D eigenvalue weighted by atomic mass is 16.6. The highest BCUT2D eigenvalue weighted by molar-refractivity contribution is 5.78. The molecule has 1 N–H and O–H groups in total. The molecule has 2 saturated heterocycles. The smallest absolute Gasteiger partial charge is 0.409 e. The van der Waals surface area contributed by atoms with Gasteiger partial charge in [0, 0.05) is 44.3 Å². The fourth-order valence-corrected chi connectivity index (χ4v) is 4.74. The van der Waals surface area contributed by atoms with Gasteiger partial charge in [0.05, 0.1) is 13.2 Å². The molecule has 2 aliphatic heterocycles. The fraction of sp³-hybridized carbons (Fsp3) is 0.667. The van der Waals surface area contributed by atoms with Gasteiger partial charge in [-0.2, -0.15) is 0 Å². The van der Waals surface area contributed by atoms with Gasteiger partial charge in [0.15, 0.2) is 0 Å². The van der Waals surface area contributed by atoms with Crippen LogP contribution in [0.3, 0.4) is 0 Å². The van der Waals surface area contributed by atoms with Crippen molar-refractivity contribution in [2.24, 2.45) is 0 Å². The summed E-state index contributed by atoms with van der Waals surface area (Å²) in [5.74, 6) is 0.0889. The van der Waals surface area contributed by atoms with Crippen molar-refractivity contribution in [3.05, 3.63) is 35.9 Å². The van der Waals surface area contributed by atoms with Gasteiger partial charge in [0.2, 0.25) is 5.91 Å². The lowest BCUT2D eigenvalue weighted by Crippen LogP contribution is -2.50. The van der Waals surface area contributed by atoms with Gasteiger partial charge in [-0.3, -0.25) is 14.6 Å². The minimum atomic E-state index is -0.250. The van der Waals surface area contributed by atoms with Gasteiger partial charge in [0.1, 0.15) is 0 Å². The molecule has 2 aliphatic rings. The van der Waals surface area contributed by atoms with Gasteiger partial charge in [-0.15, -0.1) is 0 Å². The van der Waals surface area contributed by atoms with Crippen LogP contribution < -0.4 is 5.32 Å². The van der Waals surface area contributed by atoms with Crippen LogP contribution in [0.25, 0.3) is 0 Å². The Hall–Kier alpha value is -2.12. The van der Waals surface area contributed by atoms with Crippen LogP contribution in [-0.2, 0) is 9.53 Å². The average molecular weight is 431 g/mol. The molecule has 3 rings (SSSR count). The fourth-order valence-electron chi connectivity index (χ4n) is 4.74. The summed E-state index contributed by atoms with van der Waals surface area (Å²) < 4.78 is 5.06. The summed E-state index contributed by atoms with van der Waals surface area (Å²) in [5, 5.41) is 3.19. The highest BCUT2D eigenvalue weighted by Gasteiger charge is 2.31. The monoisotopic (exact) mass is 430 g/mol. The van der Waals surface area contributed by atoms with E-state index in [0.29, 0.717) is 38.3 Å². The Kier molecular flexibility index (Phi) is 8.72. The van der Waals surface area contributed by atoms with Gasteiger partial charge >= 0.3 is 6.09 Å². The maximum atomic E-state index is 12.7. The maximum absolute atomic E-state index is 12.7. The molecule has 7 heteroatoms. The minimum Gasteiger partial charge on any atom is -0.450 e. The second kappa shape index (κ2) is 11.5. The summed E-state index contributed by atoms with van der Waals surface area (Å²) in [7, 11) is 0. The van der Waals surface area contributed by atoms with E-state index in [1.807, 2.05) is 6.92 Å². The number of likely N-dealkylation sites (N-methyl/N-ethyl adjacent to an activating group) is 1. The second-order valence-electron chi connectivity index (χ2n) is 8.61. The molecule has 7 nitrogen and oxygen atoms in total. The van der Waals surface area contributed by atoms with E-state index in [2.05, 4.69) is 59.3 Å². The quantitative estimate of drug-likeness (QED) is 0.687. The molecular weight excluding hydrogens is 392 g/mol. The zero-order chi connectivity index (χ0) is 22.2. The van der Waals surface area contributed by atoms with Crippen LogP contribution in [0.5, 0.6) is 0 Å². The lowest BCUT2D eigenvalue weighted by Gasteiger charge is -2.33. The summed E-state index contributed by atoms with van der Waals surface area (Å²) in [5.41, 5.74) is 1.35. The first kappa shape index (κ1) is 23.5. The molecule has 0 bridgehead atoms. The normalized spacial score (nSPS) is 21.3. The van der Waals surface area contributed by atoms with E-state index in [1.165, 1.54) is 5.56 Å². The Labute approximate surface area is 186 Å². The van der Waals surface area contributed by atoms with E-state index in [1.54, 1.807) is 4.90 Å². The number of carbonyl (C=O) groups excluding carboxylic acids is 2. The summed E-state index contributed by atoms with van der Waals surface area (Å²) in [6.07, 6.45) is 2.40.